The van der Waals surface area contributed by atoms with Gasteiger partial charge in [0.05, 0.1) is 17.8 Å². The van der Waals surface area contributed by atoms with Gasteiger partial charge in [-0.3, -0.25) is 9.78 Å². The number of amides is 1. The quantitative estimate of drug-likeness (QED) is 0.462. The van der Waals surface area contributed by atoms with E-state index in [1.54, 1.807) is 10.7 Å². The van der Waals surface area contributed by atoms with Gasteiger partial charge in [0, 0.05) is 29.4 Å². The molecular weight excluding hydrogens is 402 g/mol. The van der Waals surface area contributed by atoms with Crippen molar-refractivity contribution in [2.45, 2.75) is 25.8 Å². The highest BCUT2D eigenvalue weighted by molar-refractivity contribution is 5.93. The van der Waals surface area contributed by atoms with E-state index in [2.05, 4.69) is 15.4 Å². The first-order valence-corrected chi connectivity index (χ1v) is 10.8. The zero-order valence-corrected chi connectivity index (χ0v) is 17.9. The van der Waals surface area contributed by atoms with Crippen LogP contribution in [-0.2, 0) is 4.79 Å². The molecule has 1 aliphatic carbocycles. The number of rotatable bonds is 7. The zero-order valence-electron chi connectivity index (χ0n) is 17.9. The van der Waals surface area contributed by atoms with E-state index in [1.807, 2.05) is 67.7 Å². The number of ether oxygens (including phenoxy) is 1. The summed E-state index contributed by atoms with van der Waals surface area (Å²) >= 11 is 0. The minimum absolute atomic E-state index is 0.0452. The summed E-state index contributed by atoms with van der Waals surface area (Å²) in [7, 11) is 0. The molecule has 7 heteroatoms. The van der Waals surface area contributed by atoms with Gasteiger partial charge < -0.3 is 15.8 Å². The lowest BCUT2D eigenvalue weighted by molar-refractivity contribution is -0.117. The van der Waals surface area contributed by atoms with Crippen molar-refractivity contribution in [2.24, 2.45) is 11.7 Å². The van der Waals surface area contributed by atoms with E-state index in [1.165, 1.54) is 0 Å². The molecule has 32 heavy (non-hydrogen) atoms. The number of aryl methyl sites for hydroxylation is 1. The van der Waals surface area contributed by atoms with Crippen LogP contribution in [0.5, 0.6) is 5.75 Å². The van der Waals surface area contributed by atoms with Gasteiger partial charge in [-0.25, -0.2) is 4.52 Å². The van der Waals surface area contributed by atoms with Crippen molar-refractivity contribution in [1.82, 2.24) is 14.6 Å². The van der Waals surface area contributed by atoms with Gasteiger partial charge >= 0.3 is 0 Å². The van der Waals surface area contributed by atoms with Crippen molar-refractivity contribution in [3.8, 4) is 16.9 Å². The van der Waals surface area contributed by atoms with Gasteiger partial charge in [-0.2, -0.15) is 5.10 Å². The van der Waals surface area contributed by atoms with E-state index in [0.29, 0.717) is 18.2 Å². The second-order valence-corrected chi connectivity index (χ2v) is 8.23. The van der Waals surface area contributed by atoms with Crippen LogP contribution in [-0.4, -0.2) is 27.1 Å². The van der Waals surface area contributed by atoms with E-state index >= 15 is 0 Å². The Morgan fingerprint density at radius 3 is 2.81 bits per heavy atom. The highest BCUT2D eigenvalue weighted by Gasteiger charge is 2.30. The topological polar surface area (TPSA) is 94.5 Å². The van der Waals surface area contributed by atoms with Crippen LogP contribution < -0.4 is 15.8 Å². The lowest BCUT2D eigenvalue weighted by atomic mass is 10.1. The molecule has 3 aromatic heterocycles. The van der Waals surface area contributed by atoms with E-state index in [9.17, 15) is 4.79 Å². The molecule has 1 aromatic carbocycles. The van der Waals surface area contributed by atoms with Crippen LogP contribution >= 0.6 is 0 Å². The van der Waals surface area contributed by atoms with Gasteiger partial charge in [-0.05, 0) is 49.1 Å². The van der Waals surface area contributed by atoms with Crippen molar-refractivity contribution in [3.63, 3.8) is 0 Å². The molecule has 1 atom stereocenters. The molecule has 162 valence electrons. The minimum Gasteiger partial charge on any atom is -0.489 e. The lowest BCUT2D eigenvalue weighted by Gasteiger charge is -2.16. The first-order chi connectivity index (χ1) is 15.6. The Morgan fingerprint density at radius 2 is 2.03 bits per heavy atom. The number of fused-ring (bicyclic) bond motifs is 1. The predicted octanol–water partition coefficient (Wildman–Crippen LogP) is 4.13. The second kappa shape index (κ2) is 8.43. The van der Waals surface area contributed by atoms with Crippen molar-refractivity contribution in [2.75, 3.05) is 11.9 Å². The fourth-order valence-corrected chi connectivity index (χ4v) is 3.66. The maximum Gasteiger partial charge on any atom is 0.228 e. The summed E-state index contributed by atoms with van der Waals surface area (Å²) in [6, 6.07) is 17.5. The Hall–Kier alpha value is -3.71. The summed E-state index contributed by atoms with van der Waals surface area (Å²) in [5, 5.41) is 7.36. The summed E-state index contributed by atoms with van der Waals surface area (Å²) in [4.78, 5) is 16.5. The number of benzene rings is 1. The molecule has 1 saturated carbocycles. The average Bonchev–Trinajstić information content (AvgIpc) is 3.59. The SMILES string of the molecule is Cc1cc(-c2ccn3nc(NC(=O)C4CC4)cc3c2)c(OCC(N)c2ccccc2)cn1. The molecule has 0 bridgehead atoms. The highest BCUT2D eigenvalue weighted by atomic mass is 16.5. The van der Waals surface area contributed by atoms with Crippen molar-refractivity contribution < 1.29 is 9.53 Å². The molecule has 3 heterocycles. The number of carbonyl (C=O) groups excluding carboxylic acids is 1. The first-order valence-electron chi connectivity index (χ1n) is 10.8. The maximum absolute atomic E-state index is 12.1. The Morgan fingerprint density at radius 1 is 1.22 bits per heavy atom. The van der Waals surface area contributed by atoms with Crippen LogP contribution in [0.25, 0.3) is 16.6 Å². The third kappa shape index (κ3) is 4.33. The standard InChI is InChI=1S/C25H25N5O2/c1-16-11-21(23(14-27-16)32-15-22(26)17-5-3-2-4-6-17)19-9-10-30-20(12-19)13-24(29-30)28-25(31)18-7-8-18/h2-6,9-14,18,22H,7-8,15,26H2,1H3,(H,28,29,31). The van der Waals surface area contributed by atoms with Gasteiger partial charge in [-0.1, -0.05) is 30.3 Å². The van der Waals surface area contributed by atoms with Crippen molar-refractivity contribution in [3.05, 3.63) is 78.2 Å². The summed E-state index contributed by atoms with van der Waals surface area (Å²) in [5.74, 6) is 1.42. The number of nitrogens with zero attached hydrogens (tertiary/aromatic N) is 3. The molecular formula is C25H25N5O2. The average molecular weight is 428 g/mol. The summed E-state index contributed by atoms with van der Waals surface area (Å²) in [6.45, 7) is 2.29. The predicted molar refractivity (Wildman–Crippen MR) is 123 cm³/mol. The normalized spacial score (nSPS) is 14.3. The van der Waals surface area contributed by atoms with Gasteiger partial charge in [0.1, 0.15) is 12.4 Å². The molecule has 0 saturated heterocycles. The molecule has 0 spiro atoms. The van der Waals surface area contributed by atoms with E-state index in [-0.39, 0.29) is 17.9 Å². The van der Waals surface area contributed by atoms with Crippen molar-refractivity contribution in [1.29, 1.82) is 0 Å². The van der Waals surface area contributed by atoms with Gasteiger partial charge in [0.25, 0.3) is 0 Å². The molecule has 5 rings (SSSR count). The fraction of sp³-hybridized carbons (Fsp3) is 0.240. The lowest BCUT2D eigenvalue weighted by Crippen LogP contribution is -2.19. The number of hydrogen-bond donors (Lipinski definition) is 2. The monoisotopic (exact) mass is 427 g/mol. The van der Waals surface area contributed by atoms with Crippen LogP contribution in [0.15, 0.2) is 67.0 Å². The van der Waals surface area contributed by atoms with E-state index in [0.717, 1.165) is 40.7 Å². The molecule has 0 radical (unpaired) electrons. The number of aromatic nitrogens is 3. The number of nitrogens with two attached hydrogens (primary N) is 1. The smallest absolute Gasteiger partial charge is 0.228 e. The van der Waals surface area contributed by atoms with Crippen LogP contribution in [0.1, 0.15) is 30.1 Å². The summed E-state index contributed by atoms with van der Waals surface area (Å²) < 4.78 is 7.85. The Bertz CT molecular complexity index is 1260. The maximum atomic E-state index is 12.1. The second-order valence-electron chi connectivity index (χ2n) is 8.23. The molecule has 7 nitrogen and oxygen atoms in total. The van der Waals surface area contributed by atoms with Gasteiger partial charge in [-0.15, -0.1) is 0 Å². The van der Waals surface area contributed by atoms with Crippen molar-refractivity contribution >= 4 is 17.2 Å². The third-order valence-corrected chi connectivity index (χ3v) is 5.62. The Labute approximate surface area is 186 Å². The summed E-state index contributed by atoms with van der Waals surface area (Å²) in [6.07, 6.45) is 5.54. The molecule has 1 aliphatic rings. The third-order valence-electron chi connectivity index (χ3n) is 5.62. The number of hydrogen-bond acceptors (Lipinski definition) is 5. The molecule has 1 fully saturated rings. The first kappa shape index (κ1) is 20.2. The van der Waals surface area contributed by atoms with Gasteiger partial charge in [0.15, 0.2) is 5.82 Å². The van der Waals surface area contributed by atoms with Gasteiger partial charge in [0.2, 0.25) is 5.91 Å². The molecule has 1 unspecified atom stereocenters. The Kier molecular flexibility index (Phi) is 5.33. The summed E-state index contributed by atoms with van der Waals surface area (Å²) in [5.41, 5.74) is 11.0. The minimum atomic E-state index is -0.236. The fourth-order valence-electron chi connectivity index (χ4n) is 3.66. The number of carbonyl (C=O) groups is 1. The van der Waals surface area contributed by atoms with Crippen LogP contribution in [0.3, 0.4) is 0 Å². The van der Waals surface area contributed by atoms with Crippen LogP contribution in [0, 0.1) is 12.8 Å². The Balaban J connectivity index is 1.39. The largest absolute Gasteiger partial charge is 0.489 e. The molecule has 3 N–H and O–H groups in total. The molecule has 1 amide bonds. The zero-order chi connectivity index (χ0) is 22.1. The highest BCUT2D eigenvalue weighted by Crippen LogP contribution is 2.33. The number of nitrogens with one attached hydrogen (secondary N) is 1. The van der Waals surface area contributed by atoms with E-state index in [4.69, 9.17) is 10.5 Å². The molecule has 0 aliphatic heterocycles. The van der Waals surface area contributed by atoms with Crippen LogP contribution in [0.4, 0.5) is 5.82 Å². The molecule has 4 aromatic rings. The van der Waals surface area contributed by atoms with E-state index < -0.39 is 0 Å². The number of anilines is 1. The van der Waals surface area contributed by atoms with Crippen LogP contribution in [0.2, 0.25) is 0 Å². The number of pyridine rings is 2.